The summed E-state index contributed by atoms with van der Waals surface area (Å²) >= 11 is 0. The summed E-state index contributed by atoms with van der Waals surface area (Å²) in [6.07, 6.45) is 4.12. The summed E-state index contributed by atoms with van der Waals surface area (Å²) in [5.41, 5.74) is 32.3. The van der Waals surface area contributed by atoms with Crippen molar-refractivity contribution in [3.8, 4) is 0 Å². The summed E-state index contributed by atoms with van der Waals surface area (Å²) in [6.45, 7) is 14.4. The van der Waals surface area contributed by atoms with Gasteiger partial charge in [0.2, 0.25) is 0 Å². The topological polar surface area (TPSA) is 78.1 Å². The Kier molecular flexibility index (Phi) is 9.90. The Bertz CT molecular complexity index is 1040. The molecule has 3 aromatic rings. The Balaban J connectivity index is 2.25. The van der Waals surface area contributed by atoms with E-state index in [0.29, 0.717) is 13.1 Å². The fourth-order valence-electron chi connectivity index (χ4n) is 5.40. The van der Waals surface area contributed by atoms with Crippen LogP contribution in [0.3, 0.4) is 0 Å². The molecule has 3 unspecified atom stereocenters. The van der Waals surface area contributed by atoms with Gasteiger partial charge in [-0.3, -0.25) is 0 Å². The largest absolute Gasteiger partial charge is 0.329 e. The molecule has 0 aliphatic carbocycles. The SMILES string of the molecule is CCc1cc(CC)cc(C(C)c2cc(CN)cc(C(C)c3cc(CC)cc(CC)c3)c2C(N)CN)c1. The van der Waals surface area contributed by atoms with Crippen molar-refractivity contribution in [1.82, 2.24) is 0 Å². The molecule has 3 heteroatoms. The lowest BCUT2D eigenvalue weighted by atomic mass is 9.78. The van der Waals surface area contributed by atoms with E-state index in [9.17, 15) is 0 Å². The van der Waals surface area contributed by atoms with Crippen LogP contribution in [0.2, 0.25) is 0 Å². The third kappa shape index (κ3) is 6.08. The molecule has 3 aromatic carbocycles. The standard InChI is InChI=1S/C33H47N3/c1-7-23-11-24(8-2)14-28(13-23)21(5)30-17-27(19-34)18-31(33(30)32(36)20-35)22(6)29-15-25(9-3)12-26(10-4)16-29/h11-18,21-22,32H,7-10,19-20,34-36H2,1-6H3. The van der Waals surface area contributed by atoms with E-state index in [1.807, 2.05) is 0 Å². The van der Waals surface area contributed by atoms with Crippen LogP contribution in [-0.4, -0.2) is 6.54 Å². The van der Waals surface area contributed by atoms with E-state index in [-0.39, 0.29) is 17.9 Å². The first-order valence-electron chi connectivity index (χ1n) is 13.9. The molecule has 0 amide bonds. The number of hydrogen-bond acceptors (Lipinski definition) is 3. The fraction of sp³-hybridized carbons (Fsp3) is 0.455. The van der Waals surface area contributed by atoms with Gasteiger partial charge in [0.25, 0.3) is 0 Å². The number of rotatable bonds is 11. The molecule has 3 atom stereocenters. The Labute approximate surface area is 219 Å². The van der Waals surface area contributed by atoms with Crippen LogP contribution in [0.1, 0.15) is 115 Å². The minimum absolute atomic E-state index is 0.194. The minimum atomic E-state index is -0.230. The molecule has 6 N–H and O–H groups in total. The second-order valence-corrected chi connectivity index (χ2v) is 10.3. The van der Waals surface area contributed by atoms with Gasteiger partial charge in [-0.15, -0.1) is 0 Å². The van der Waals surface area contributed by atoms with Crippen LogP contribution >= 0.6 is 0 Å². The van der Waals surface area contributed by atoms with E-state index in [1.165, 1.54) is 50.1 Å². The van der Waals surface area contributed by atoms with E-state index in [0.717, 1.165) is 31.2 Å². The second kappa shape index (κ2) is 12.7. The lowest BCUT2D eigenvalue weighted by Gasteiger charge is -2.28. The normalized spacial score (nSPS) is 14.0. The van der Waals surface area contributed by atoms with Gasteiger partial charge in [-0.2, -0.15) is 0 Å². The Morgan fingerprint density at radius 3 is 1.19 bits per heavy atom. The van der Waals surface area contributed by atoms with Gasteiger partial charge in [0.1, 0.15) is 0 Å². The highest BCUT2D eigenvalue weighted by molar-refractivity contribution is 5.51. The van der Waals surface area contributed by atoms with Crippen molar-refractivity contribution < 1.29 is 0 Å². The summed E-state index contributed by atoms with van der Waals surface area (Å²) in [5, 5.41) is 0. The van der Waals surface area contributed by atoms with Crippen LogP contribution in [0.25, 0.3) is 0 Å². The van der Waals surface area contributed by atoms with Crippen molar-refractivity contribution in [1.29, 1.82) is 0 Å². The zero-order valence-electron chi connectivity index (χ0n) is 23.3. The van der Waals surface area contributed by atoms with Crippen molar-refractivity contribution in [2.75, 3.05) is 6.54 Å². The quantitative estimate of drug-likeness (QED) is 0.284. The smallest absolute Gasteiger partial charge is 0.0425 e. The lowest BCUT2D eigenvalue weighted by Crippen LogP contribution is -2.25. The summed E-state index contributed by atoms with van der Waals surface area (Å²) in [6, 6.07) is 18.4. The molecule has 0 aromatic heterocycles. The van der Waals surface area contributed by atoms with Crippen LogP contribution in [0.5, 0.6) is 0 Å². The molecule has 3 rings (SSSR count). The average molecular weight is 486 g/mol. The zero-order chi connectivity index (χ0) is 26.4. The van der Waals surface area contributed by atoms with Gasteiger partial charge in [-0.05, 0) is 81.3 Å². The zero-order valence-corrected chi connectivity index (χ0v) is 23.3. The number of hydrogen-bond donors (Lipinski definition) is 3. The molecular weight excluding hydrogens is 438 g/mol. The highest BCUT2D eigenvalue weighted by Gasteiger charge is 2.25. The molecule has 0 bridgehead atoms. The summed E-state index contributed by atoms with van der Waals surface area (Å²) in [4.78, 5) is 0. The van der Waals surface area contributed by atoms with Crippen molar-refractivity contribution in [2.24, 2.45) is 17.2 Å². The Hall–Kier alpha value is -2.46. The monoisotopic (exact) mass is 485 g/mol. The third-order valence-electron chi connectivity index (χ3n) is 7.88. The molecular formula is C33H47N3. The molecule has 0 aliphatic rings. The molecule has 194 valence electrons. The van der Waals surface area contributed by atoms with Crippen LogP contribution in [0, 0.1) is 0 Å². The van der Waals surface area contributed by atoms with Crippen molar-refractivity contribution in [2.45, 2.75) is 91.6 Å². The van der Waals surface area contributed by atoms with E-state index >= 15 is 0 Å². The molecule has 36 heavy (non-hydrogen) atoms. The molecule has 3 nitrogen and oxygen atoms in total. The summed E-state index contributed by atoms with van der Waals surface area (Å²) < 4.78 is 0. The average Bonchev–Trinajstić information content (AvgIpc) is 2.94. The van der Waals surface area contributed by atoms with Crippen molar-refractivity contribution in [3.05, 3.63) is 104 Å². The maximum absolute atomic E-state index is 6.79. The first-order valence-corrected chi connectivity index (χ1v) is 13.9. The molecule has 0 heterocycles. The molecule has 0 radical (unpaired) electrons. The highest BCUT2D eigenvalue weighted by Crippen LogP contribution is 2.39. The number of nitrogens with two attached hydrogens (primary N) is 3. The van der Waals surface area contributed by atoms with Gasteiger partial charge in [0, 0.05) is 31.0 Å². The summed E-state index contributed by atoms with van der Waals surface area (Å²) in [7, 11) is 0. The van der Waals surface area contributed by atoms with E-state index < -0.39 is 0 Å². The predicted molar refractivity (Wildman–Crippen MR) is 156 cm³/mol. The molecule has 0 saturated carbocycles. The van der Waals surface area contributed by atoms with Gasteiger partial charge in [-0.25, -0.2) is 0 Å². The number of benzene rings is 3. The van der Waals surface area contributed by atoms with Crippen LogP contribution < -0.4 is 17.2 Å². The molecule has 0 saturated heterocycles. The highest BCUT2D eigenvalue weighted by atomic mass is 14.7. The van der Waals surface area contributed by atoms with Gasteiger partial charge in [-0.1, -0.05) is 90.1 Å². The maximum atomic E-state index is 6.79. The van der Waals surface area contributed by atoms with Crippen molar-refractivity contribution in [3.63, 3.8) is 0 Å². The van der Waals surface area contributed by atoms with Crippen LogP contribution in [0.4, 0.5) is 0 Å². The Morgan fingerprint density at radius 2 is 0.917 bits per heavy atom. The predicted octanol–water partition coefficient (Wildman–Crippen LogP) is 6.66. The van der Waals surface area contributed by atoms with Crippen LogP contribution in [-0.2, 0) is 32.2 Å². The van der Waals surface area contributed by atoms with Gasteiger partial charge in [0.05, 0.1) is 0 Å². The number of aryl methyl sites for hydroxylation is 4. The molecule has 0 aliphatic heterocycles. The summed E-state index contributed by atoms with van der Waals surface area (Å²) in [5.74, 6) is 0.389. The molecule has 0 spiro atoms. The maximum Gasteiger partial charge on any atom is 0.0425 e. The fourth-order valence-corrected chi connectivity index (χ4v) is 5.40. The van der Waals surface area contributed by atoms with Gasteiger partial charge in [0.15, 0.2) is 0 Å². The van der Waals surface area contributed by atoms with Gasteiger partial charge < -0.3 is 17.2 Å². The van der Waals surface area contributed by atoms with Gasteiger partial charge >= 0.3 is 0 Å². The Morgan fingerprint density at radius 1 is 0.556 bits per heavy atom. The first-order chi connectivity index (χ1) is 17.3. The van der Waals surface area contributed by atoms with E-state index in [2.05, 4.69) is 90.1 Å². The van der Waals surface area contributed by atoms with E-state index in [4.69, 9.17) is 17.2 Å². The third-order valence-corrected chi connectivity index (χ3v) is 7.88. The van der Waals surface area contributed by atoms with Crippen LogP contribution in [0.15, 0.2) is 48.5 Å². The first kappa shape index (κ1) is 28.1. The minimum Gasteiger partial charge on any atom is -0.329 e. The lowest BCUT2D eigenvalue weighted by molar-refractivity contribution is 0.695. The second-order valence-electron chi connectivity index (χ2n) is 10.3. The van der Waals surface area contributed by atoms with E-state index in [1.54, 1.807) is 0 Å². The van der Waals surface area contributed by atoms with Crippen molar-refractivity contribution >= 4 is 0 Å². The molecule has 0 fully saturated rings.